The van der Waals surface area contributed by atoms with Gasteiger partial charge in [0.1, 0.15) is 5.76 Å². The highest BCUT2D eigenvalue weighted by molar-refractivity contribution is 8.00. The third-order valence-electron chi connectivity index (χ3n) is 1.25. The van der Waals surface area contributed by atoms with Gasteiger partial charge in [0, 0.05) is 6.07 Å². The molecular formula is C6H6N4OS2. The summed E-state index contributed by atoms with van der Waals surface area (Å²) in [4.78, 5) is 0. The van der Waals surface area contributed by atoms with Gasteiger partial charge in [-0.15, -0.1) is 10.2 Å². The summed E-state index contributed by atoms with van der Waals surface area (Å²) in [7, 11) is 0. The molecule has 0 aromatic carbocycles. The quantitative estimate of drug-likeness (QED) is 0.778. The van der Waals surface area contributed by atoms with Crippen molar-refractivity contribution < 1.29 is 4.52 Å². The second-order valence-corrected chi connectivity index (χ2v) is 4.41. The van der Waals surface area contributed by atoms with Gasteiger partial charge in [0.15, 0.2) is 4.34 Å². The standard InChI is InChI=1S/C6H6N4OS2/c7-5-9-10-6(13-5)12-3-4-1-2-8-11-4/h1-2H,3H2,(H2,7,9). The van der Waals surface area contributed by atoms with Crippen molar-refractivity contribution in [3.8, 4) is 0 Å². The average molecular weight is 214 g/mol. The SMILES string of the molecule is Nc1nnc(SCc2ccno2)s1. The Kier molecular flexibility index (Phi) is 2.46. The number of nitrogens with two attached hydrogens (primary N) is 1. The van der Waals surface area contributed by atoms with Crippen LogP contribution in [0.4, 0.5) is 5.13 Å². The molecule has 0 spiro atoms. The van der Waals surface area contributed by atoms with Crippen molar-refractivity contribution in [3.05, 3.63) is 18.0 Å². The monoisotopic (exact) mass is 214 g/mol. The van der Waals surface area contributed by atoms with E-state index in [0.717, 1.165) is 10.1 Å². The molecule has 7 heteroatoms. The number of thioether (sulfide) groups is 1. The molecule has 2 heterocycles. The first-order valence-corrected chi connectivity index (χ1v) is 5.26. The van der Waals surface area contributed by atoms with Crippen molar-refractivity contribution in [1.29, 1.82) is 0 Å². The first-order chi connectivity index (χ1) is 6.34. The van der Waals surface area contributed by atoms with Gasteiger partial charge in [0.05, 0.1) is 11.9 Å². The van der Waals surface area contributed by atoms with Crippen LogP contribution in [0, 0.1) is 0 Å². The van der Waals surface area contributed by atoms with E-state index >= 15 is 0 Å². The lowest BCUT2D eigenvalue weighted by Crippen LogP contribution is -1.80. The van der Waals surface area contributed by atoms with E-state index in [-0.39, 0.29) is 0 Å². The maximum absolute atomic E-state index is 5.42. The molecule has 0 aliphatic heterocycles. The van der Waals surface area contributed by atoms with Crippen molar-refractivity contribution in [2.45, 2.75) is 10.1 Å². The highest BCUT2D eigenvalue weighted by atomic mass is 32.2. The van der Waals surface area contributed by atoms with Crippen LogP contribution < -0.4 is 5.73 Å². The Morgan fingerprint density at radius 2 is 2.46 bits per heavy atom. The molecule has 2 N–H and O–H groups in total. The summed E-state index contributed by atoms with van der Waals surface area (Å²) < 4.78 is 5.76. The van der Waals surface area contributed by atoms with Gasteiger partial charge in [0.25, 0.3) is 0 Å². The lowest BCUT2D eigenvalue weighted by molar-refractivity contribution is 0.395. The van der Waals surface area contributed by atoms with E-state index in [4.69, 9.17) is 10.3 Å². The zero-order chi connectivity index (χ0) is 9.10. The van der Waals surface area contributed by atoms with Crippen LogP contribution in [-0.4, -0.2) is 15.4 Å². The van der Waals surface area contributed by atoms with Gasteiger partial charge in [-0.1, -0.05) is 28.3 Å². The second-order valence-electron chi connectivity index (χ2n) is 2.17. The molecule has 0 aliphatic rings. The zero-order valence-electron chi connectivity index (χ0n) is 6.51. The number of hydrogen-bond donors (Lipinski definition) is 1. The summed E-state index contributed by atoms with van der Waals surface area (Å²) in [5.41, 5.74) is 5.42. The molecule has 2 rings (SSSR count). The molecule has 0 saturated carbocycles. The molecule has 2 aromatic heterocycles. The minimum absolute atomic E-state index is 0.486. The summed E-state index contributed by atoms with van der Waals surface area (Å²) in [5.74, 6) is 1.52. The van der Waals surface area contributed by atoms with E-state index in [1.807, 2.05) is 6.07 Å². The molecule has 0 saturated heterocycles. The minimum atomic E-state index is 0.486. The van der Waals surface area contributed by atoms with Crippen molar-refractivity contribution in [2.24, 2.45) is 0 Å². The molecule has 0 unspecified atom stereocenters. The van der Waals surface area contributed by atoms with Gasteiger partial charge in [-0.3, -0.25) is 0 Å². The lowest BCUT2D eigenvalue weighted by Gasteiger charge is -1.89. The summed E-state index contributed by atoms with van der Waals surface area (Å²) in [6, 6.07) is 1.82. The smallest absolute Gasteiger partial charge is 0.203 e. The first kappa shape index (κ1) is 8.52. The Balaban J connectivity index is 1.93. The largest absolute Gasteiger partial charge is 0.374 e. The molecule has 2 aromatic rings. The Morgan fingerprint density at radius 3 is 3.08 bits per heavy atom. The van der Waals surface area contributed by atoms with Crippen LogP contribution in [-0.2, 0) is 5.75 Å². The minimum Gasteiger partial charge on any atom is -0.374 e. The predicted molar refractivity (Wildman–Crippen MR) is 50.4 cm³/mol. The van der Waals surface area contributed by atoms with Gasteiger partial charge in [0.2, 0.25) is 5.13 Å². The number of rotatable bonds is 3. The molecule has 0 bridgehead atoms. The van der Waals surface area contributed by atoms with Gasteiger partial charge >= 0.3 is 0 Å². The Hall–Kier alpha value is -1.08. The van der Waals surface area contributed by atoms with Gasteiger partial charge < -0.3 is 10.3 Å². The molecule has 0 fully saturated rings. The number of nitrogen functional groups attached to an aromatic ring is 1. The number of aromatic nitrogens is 3. The van der Waals surface area contributed by atoms with Crippen molar-refractivity contribution >= 4 is 28.2 Å². The van der Waals surface area contributed by atoms with E-state index < -0.39 is 0 Å². The molecule has 0 atom stereocenters. The summed E-state index contributed by atoms with van der Waals surface area (Å²) in [6.45, 7) is 0. The Labute approximate surface area is 82.3 Å². The summed E-state index contributed by atoms with van der Waals surface area (Å²) >= 11 is 2.90. The number of anilines is 1. The molecule has 68 valence electrons. The fraction of sp³-hybridized carbons (Fsp3) is 0.167. The van der Waals surface area contributed by atoms with Crippen LogP contribution >= 0.6 is 23.1 Å². The van der Waals surface area contributed by atoms with E-state index in [2.05, 4.69) is 15.4 Å². The van der Waals surface area contributed by atoms with Crippen molar-refractivity contribution in [2.75, 3.05) is 5.73 Å². The van der Waals surface area contributed by atoms with Gasteiger partial charge in [-0.2, -0.15) is 0 Å². The van der Waals surface area contributed by atoms with Crippen molar-refractivity contribution in [3.63, 3.8) is 0 Å². The molecule has 0 radical (unpaired) electrons. The Bertz CT molecular complexity index is 372. The number of hydrogen-bond acceptors (Lipinski definition) is 7. The maximum atomic E-state index is 5.42. The molecule has 0 aliphatic carbocycles. The highest BCUT2D eigenvalue weighted by Crippen LogP contribution is 2.26. The second kappa shape index (κ2) is 3.75. The zero-order valence-corrected chi connectivity index (χ0v) is 8.14. The van der Waals surface area contributed by atoms with Crippen LogP contribution in [0.3, 0.4) is 0 Å². The van der Waals surface area contributed by atoms with Gasteiger partial charge in [-0.05, 0) is 0 Å². The predicted octanol–water partition coefficient (Wildman–Crippen LogP) is 1.40. The number of nitrogens with zero attached hydrogens (tertiary/aromatic N) is 3. The van der Waals surface area contributed by atoms with Crippen LogP contribution in [0.5, 0.6) is 0 Å². The van der Waals surface area contributed by atoms with Crippen LogP contribution in [0.25, 0.3) is 0 Å². The average Bonchev–Trinajstić information content (AvgIpc) is 2.71. The summed E-state index contributed by atoms with van der Waals surface area (Å²) in [5, 5.41) is 11.6. The van der Waals surface area contributed by atoms with E-state index in [0.29, 0.717) is 10.9 Å². The highest BCUT2D eigenvalue weighted by Gasteiger charge is 2.03. The van der Waals surface area contributed by atoms with E-state index in [1.165, 1.54) is 23.1 Å². The van der Waals surface area contributed by atoms with Gasteiger partial charge in [-0.25, -0.2) is 0 Å². The fourth-order valence-electron chi connectivity index (χ4n) is 0.728. The molecular weight excluding hydrogens is 208 g/mol. The first-order valence-electron chi connectivity index (χ1n) is 3.46. The fourth-order valence-corrected chi connectivity index (χ4v) is 2.25. The maximum Gasteiger partial charge on any atom is 0.203 e. The molecule has 13 heavy (non-hydrogen) atoms. The topological polar surface area (TPSA) is 77.8 Å². The van der Waals surface area contributed by atoms with Crippen LogP contribution in [0.2, 0.25) is 0 Å². The molecule has 5 nitrogen and oxygen atoms in total. The normalized spacial score (nSPS) is 10.5. The van der Waals surface area contributed by atoms with Crippen LogP contribution in [0.1, 0.15) is 5.76 Å². The lowest BCUT2D eigenvalue weighted by atomic mass is 10.5. The van der Waals surface area contributed by atoms with E-state index in [9.17, 15) is 0 Å². The van der Waals surface area contributed by atoms with Crippen molar-refractivity contribution in [1.82, 2.24) is 15.4 Å². The van der Waals surface area contributed by atoms with Crippen LogP contribution in [0.15, 0.2) is 21.1 Å². The Morgan fingerprint density at radius 1 is 1.54 bits per heavy atom. The third-order valence-corrected chi connectivity index (χ3v) is 3.16. The van der Waals surface area contributed by atoms with E-state index in [1.54, 1.807) is 6.20 Å². The molecule has 0 amide bonds. The third kappa shape index (κ3) is 2.19. The summed E-state index contributed by atoms with van der Waals surface area (Å²) in [6.07, 6.45) is 1.62.